The lowest BCUT2D eigenvalue weighted by Crippen LogP contribution is -2.21. The molecule has 4 rings (SSSR count). The average molecular weight is 543 g/mol. The van der Waals surface area contributed by atoms with Crippen LogP contribution in [-0.2, 0) is 12.8 Å². The molecule has 0 amide bonds. The molecule has 0 atom stereocenters. The SMILES string of the molecule is CCc1cc(-c2ccc(-c3ccc(C4CCC(C)CC4)cc3F)cc2)c(CC)cc1OCCC(CC)(CC)CC. The molecule has 3 aromatic carbocycles. The standard InChI is InChI=1S/C38H51FO/c1-7-28-26-37(40-23-22-38(9-3,10-4)11-5)29(8-2)24-35(28)32-18-16-31(17-19-32)34-21-20-33(25-36(34)39)30-14-12-27(6)13-15-30/h16-21,24-27,30H,7-15,22-23H2,1-6H3. The molecule has 1 fully saturated rings. The lowest BCUT2D eigenvalue weighted by atomic mass is 9.77. The second-order valence-corrected chi connectivity index (χ2v) is 12.3. The molecule has 40 heavy (non-hydrogen) atoms. The first-order valence-electron chi connectivity index (χ1n) is 16.1. The van der Waals surface area contributed by atoms with E-state index in [-0.39, 0.29) is 5.82 Å². The molecule has 0 spiro atoms. The van der Waals surface area contributed by atoms with Crippen LogP contribution in [0, 0.1) is 17.2 Å². The number of ether oxygens (including phenoxy) is 1. The fourth-order valence-electron chi connectivity index (χ4n) is 6.74. The lowest BCUT2D eigenvalue weighted by Gasteiger charge is -2.30. The van der Waals surface area contributed by atoms with Gasteiger partial charge >= 0.3 is 0 Å². The Morgan fingerprint density at radius 2 is 1.32 bits per heavy atom. The predicted octanol–water partition coefficient (Wildman–Crippen LogP) is 11.6. The van der Waals surface area contributed by atoms with Gasteiger partial charge in [-0.05, 0) is 101 Å². The Hall–Kier alpha value is -2.61. The van der Waals surface area contributed by atoms with Crippen molar-refractivity contribution in [2.45, 2.75) is 112 Å². The zero-order chi connectivity index (χ0) is 28.7. The van der Waals surface area contributed by atoms with Crippen LogP contribution in [0.25, 0.3) is 22.3 Å². The fraction of sp³-hybridized carbons (Fsp3) is 0.526. The van der Waals surface area contributed by atoms with Crippen molar-refractivity contribution in [1.29, 1.82) is 0 Å². The largest absolute Gasteiger partial charge is 0.493 e. The fourth-order valence-corrected chi connectivity index (χ4v) is 6.74. The van der Waals surface area contributed by atoms with E-state index in [4.69, 9.17) is 4.74 Å². The number of halogens is 1. The molecule has 0 N–H and O–H groups in total. The van der Waals surface area contributed by atoms with E-state index >= 15 is 4.39 Å². The molecule has 2 heteroatoms. The van der Waals surface area contributed by atoms with Gasteiger partial charge in [-0.15, -0.1) is 0 Å². The molecule has 0 unspecified atom stereocenters. The van der Waals surface area contributed by atoms with Crippen molar-refractivity contribution >= 4 is 0 Å². The molecule has 0 aliphatic heterocycles. The van der Waals surface area contributed by atoms with Crippen LogP contribution in [0.4, 0.5) is 4.39 Å². The average Bonchev–Trinajstić information content (AvgIpc) is 2.99. The van der Waals surface area contributed by atoms with Crippen molar-refractivity contribution in [3.05, 3.63) is 77.1 Å². The summed E-state index contributed by atoms with van der Waals surface area (Å²) in [6.45, 7) is 14.4. The maximum Gasteiger partial charge on any atom is 0.131 e. The van der Waals surface area contributed by atoms with E-state index in [1.165, 1.54) is 67.2 Å². The molecular weight excluding hydrogens is 491 g/mol. The number of rotatable bonds is 12. The summed E-state index contributed by atoms with van der Waals surface area (Å²) in [5.41, 5.74) is 8.16. The quantitative estimate of drug-likeness (QED) is 0.221. The van der Waals surface area contributed by atoms with Crippen molar-refractivity contribution in [2.75, 3.05) is 6.61 Å². The van der Waals surface area contributed by atoms with Gasteiger partial charge in [0.15, 0.2) is 0 Å². The van der Waals surface area contributed by atoms with E-state index in [1.807, 2.05) is 6.07 Å². The smallest absolute Gasteiger partial charge is 0.131 e. The first-order valence-corrected chi connectivity index (χ1v) is 16.1. The van der Waals surface area contributed by atoms with E-state index in [0.717, 1.165) is 48.7 Å². The molecule has 0 bridgehead atoms. The van der Waals surface area contributed by atoms with Gasteiger partial charge in [0.1, 0.15) is 11.6 Å². The van der Waals surface area contributed by atoms with Crippen LogP contribution >= 0.6 is 0 Å². The first kappa shape index (κ1) is 30.4. The van der Waals surface area contributed by atoms with Gasteiger partial charge in [0.05, 0.1) is 6.61 Å². The highest BCUT2D eigenvalue weighted by Gasteiger charge is 2.24. The minimum absolute atomic E-state index is 0.105. The summed E-state index contributed by atoms with van der Waals surface area (Å²) in [5, 5.41) is 0. The van der Waals surface area contributed by atoms with Gasteiger partial charge in [0.25, 0.3) is 0 Å². The monoisotopic (exact) mass is 542 g/mol. The Bertz CT molecular complexity index is 1220. The third-order valence-corrected chi connectivity index (χ3v) is 10.2. The maximum atomic E-state index is 15.3. The third-order valence-electron chi connectivity index (χ3n) is 10.2. The molecule has 1 nitrogen and oxygen atoms in total. The van der Waals surface area contributed by atoms with Crippen LogP contribution in [0.2, 0.25) is 0 Å². The third kappa shape index (κ3) is 6.81. The lowest BCUT2D eigenvalue weighted by molar-refractivity contribution is 0.173. The van der Waals surface area contributed by atoms with E-state index in [2.05, 4.69) is 84.0 Å². The van der Waals surface area contributed by atoms with Gasteiger partial charge in [0, 0.05) is 5.56 Å². The Morgan fingerprint density at radius 1 is 0.725 bits per heavy atom. The van der Waals surface area contributed by atoms with Crippen LogP contribution in [-0.4, -0.2) is 6.61 Å². The van der Waals surface area contributed by atoms with Crippen LogP contribution in [0.1, 0.15) is 116 Å². The molecule has 1 aliphatic rings. The van der Waals surface area contributed by atoms with Gasteiger partial charge in [-0.3, -0.25) is 0 Å². The second-order valence-electron chi connectivity index (χ2n) is 12.3. The van der Waals surface area contributed by atoms with E-state index in [1.54, 1.807) is 6.07 Å². The van der Waals surface area contributed by atoms with Crippen LogP contribution in [0.15, 0.2) is 54.6 Å². The Kier molecular flexibility index (Phi) is 10.5. The molecule has 3 aromatic rings. The van der Waals surface area contributed by atoms with Crippen LogP contribution in [0.5, 0.6) is 5.75 Å². The number of hydrogen-bond donors (Lipinski definition) is 0. The van der Waals surface area contributed by atoms with Gasteiger partial charge < -0.3 is 4.74 Å². The number of benzene rings is 3. The summed E-state index contributed by atoms with van der Waals surface area (Å²) in [7, 11) is 0. The minimum Gasteiger partial charge on any atom is -0.493 e. The molecule has 0 radical (unpaired) electrons. The van der Waals surface area contributed by atoms with Crippen LogP contribution < -0.4 is 4.74 Å². The van der Waals surface area contributed by atoms with Crippen molar-refractivity contribution < 1.29 is 9.13 Å². The highest BCUT2D eigenvalue weighted by molar-refractivity contribution is 5.74. The van der Waals surface area contributed by atoms with E-state index < -0.39 is 0 Å². The first-order chi connectivity index (χ1) is 19.4. The topological polar surface area (TPSA) is 9.23 Å². The van der Waals surface area contributed by atoms with Crippen molar-refractivity contribution in [1.82, 2.24) is 0 Å². The maximum absolute atomic E-state index is 15.3. The minimum atomic E-state index is -0.105. The predicted molar refractivity (Wildman–Crippen MR) is 170 cm³/mol. The Morgan fingerprint density at radius 3 is 1.88 bits per heavy atom. The molecule has 0 saturated heterocycles. The Balaban J connectivity index is 1.52. The van der Waals surface area contributed by atoms with Gasteiger partial charge in [0.2, 0.25) is 0 Å². The van der Waals surface area contributed by atoms with Gasteiger partial charge in [-0.2, -0.15) is 0 Å². The summed E-state index contributed by atoms with van der Waals surface area (Å²) in [6.07, 6.45) is 11.4. The van der Waals surface area contributed by atoms with Crippen molar-refractivity contribution in [2.24, 2.45) is 11.3 Å². The Labute approximate surface area is 243 Å². The zero-order valence-electron chi connectivity index (χ0n) is 25.9. The highest BCUT2D eigenvalue weighted by atomic mass is 19.1. The molecule has 1 aliphatic carbocycles. The molecule has 1 saturated carbocycles. The van der Waals surface area contributed by atoms with E-state index in [0.29, 0.717) is 16.9 Å². The van der Waals surface area contributed by atoms with Gasteiger partial charge in [-0.25, -0.2) is 4.39 Å². The zero-order valence-corrected chi connectivity index (χ0v) is 25.9. The summed E-state index contributed by atoms with van der Waals surface area (Å²) < 4.78 is 21.7. The van der Waals surface area contributed by atoms with Crippen molar-refractivity contribution in [3.63, 3.8) is 0 Å². The highest BCUT2D eigenvalue weighted by Crippen LogP contribution is 2.39. The summed E-state index contributed by atoms with van der Waals surface area (Å²) in [5.74, 6) is 2.23. The van der Waals surface area contributed by atoms with Crippen molar-refractivity contribution in [3.8, 4) is 28.0 Å². The molecule has 216 valence electrons. The van der Waals surface area contributed by atoms with E-state index in [9.17, 15) is 0 Å². The second kappa shape index (κ2) is 13.8. The summed E-state index contributed by atoms with van der Waals surface area (Å²) in [4.78, 5) is 0. The number of hydrogen-bond acceptors (Lipinski definition) is 1. The molecule has 0 heterocycles. The molecule has 0 aromatic heterocycles. The summed E-state index contributed by atoms with van der Waals surface area (Å²) >= 11 is 0. The number of aryl methyl sites for hydroxylation is 2. The van der Waals surface area contributed by atoms with Gasteiger partial charge in [-0.1, -0.05) is 110 Å². The normalized spacial score (nSPS) is 17.7. The molecular formula is C38H51FO. The summed E-state index contributed by atoms with van der Waals surface area (Å²) in [6, 6.07) is 19.0. The van der Waals surface area contributed by atoms with Crippen LogP contribution in [0.3, 0.4) is 0 Å².